The van der Waals surface area contributed by atoms with Crippen molar-refractivity contribution in [1.82, 2.24) is 9.97 Å². The summed E-state index contributed by atoms with van der Waals surface area (Å²) < 4.78 is 1.19. The smallest absolute Gasteiger partial charge is 0.133 e. The fraction of sp³-hybridized carbons (Fsp3) is 0.667. The molecule has 0 radical (unpaired) electrons. The first-order valence-electron chi connectivity index (χ1n) is 5.92. The number of thioether (sulfide) groups is 1. The predicted octanol–water partition coefficient (Wildman–Crippen LogP) is 3.13. The van der Waals surface area contributed by atoms with Crippen LogP contribution in [0.5, 0.6) is 0 Å². The molecule has 1 saturated heterocycles. The third-order valence-corrected chi connectivity index (χ3v) is 4.50. The van der Waals surface area contributed by atoms with E-state index >= 15 is 0 Å². The number of halogens is 1. The van der Waals surface area contributed by atoms with Crippen LogP contribution in [0.15, 0.2) is 10.7 Å². The van der Waals surface area contributed by atoms with Crippen molar-refractivity contribution in [1.29, 1.82) is 0 Å². The molecule has 0 saturated carbocycles. The van der Waals surface area contributed by atoms with Crippen LogP contribution in [0.1, 0.15) is 26.6 Å². The summed E-state index contributed by atoms with van der Waals surface area (Å²) in [5.41, 5.74) is 0. The molecule has 0 spiro atoms. The largest absolute Gasteiger partial charge is 0.354 e. The molecular weight excluding hydrogens is 298 g/mol. The molecule has 0 amide bonds. The van der Waals surface area contributed by atoms with Crippen LogP contribution in [-0.4, -0.2) is 33.6 Å². The lowest BCUT2D eigenvalue weighted by Gasteiger charge is -2.38. The maximum Gasteiger partial charge on any atom is 0.133 e. The zero-order valence-corrected chi connectivity index (χ0v) is 12.9. The third-order valence-electron chi connectivity index (χ3n) is 2.79. The van der Waals surface area contributed by atoms with Crippen LogP contribution in [-0.2, 0) is 6.42 Å². The molecule has 1 fully saturated rings. The molecular formula is C12H18BrN3S. The van der Waals surface area contributed by atoms with Crippen LogP contribution < -0.4 is 4.90 Å². The Morgan fingerprint density at radius 3 is 2.88 bits per heavy atom. The summed E-state index contributed by atoms with van der Waals surface area (Å²) in [7, 11) is 0. The predicted molar refractivity (Wildman–Crippen MR) is 77.9 cm³/mol. The number of hydrogen-bond acceptors (Lipinski definition) is 4. The van der Waals surface area contributed by atoms with Crippen molar-refractivity contribution < 1.29 is 0 Å². The van der Waals surface area contributed by atoms with Crippen molar-refractivity contribution in [2.24, 2.45) is 0 Å². The number of rotatable bonds is 2. The van der Waals surface area contributed by atoms with Gasteiger partial charge in [0.05, 0.1) is 0 Å². The highest BCUT2D eigenvalue weighted by molar-refractivity contribution is 9.10. The van der Waals surface area contributed by atoms with Crippen molar-refractivity contribution in [3.8, 4) is 0 Å². The first-order chi connectivity index (χ1) is 8.00. The summed E-state index contributed by atoms with van der Waals surface area (Å²) in [5.74, 6) is 3.12. The summed E-state index contributed by atoms with van der Waals surface area (Å²) in [6.07, 6.45) is 0.873. The second-order valence-electron chi connectivity index (χ2n) is 4.85. The maximum atomic E-state index is 4.62. The summed E-state index contributed by atoms with van der Waals surface area (Å²) >= 11 is 5.50. The average Bonchev–Trinajstić information content (AvgIpc) is 2.27. The van der Waals surface area contributed by atoms with Gasteiger partial charge in [0.15, 0.2) is 0 Å². The molecule has 5 heteroatoms. The quantitative estimate of drug-likeness (QED) is 0.784. The zero-order chi connectivity index (χ0) is 12.5. The van der Waals surface area contributed by atoms with Gasteiger partial charge in [-0.2, -0.15) is 11.8 Å². The molecule has 2 rings (SSSR count). The van der Waals surface area contributed by atoms with E-state index in [1.54, 1.807) is 0 Å². The van der Waals surface area contributed by atoms with Crippen molar-refractivity contribution >= 4 is 33.5 Å². The van der Waals surface area contributed by atoms with E-state index in [1.165, 1.54) is 0 Å². The summed E-state index contributed by atoms with van der Waals surface area (Å²) in [4.78, 5) is 11.3. The van der Waals surface area contributed by atoms with E-state index in [-0.39, 0.29) is 0 Å². The highest BCUT2D eigenvalue weighted by atomic mass is 79.9. The first kappa shape index (κ1) is 13.1. The number of hydrogen-bond donors (Lipinski definition) is 0. The van der Waals surface area contributed by atoms with E-state index in [4.69, 9.17) is 0 Å². The molecule has 17 heavy (non-hydrogen) atoms. The molecule has 2 heterocycles. The van der Waals surface area contributed by atoms with Gasteiger partial charge >= 0.3 is 0 Å². The molecule has 1 aliphatic heterocycles. The molecule has 0 aliphatic carbocycles. The number of aromatic nitrogens is 2. The van der Waals surface area contributed by atoms with Crippen LogP contribution in [0.25, 0.3) is 0 Å². The molecule has 1 aromatic heterocycles. The topological polar surface area (TPSA) is 29.0 Å². The molecule has 1 aliphatic rings. The summed E-state index contributed by atoms with van der Waals surface area (Å²) in [5, 5.41) is 0. The second-order valence-corrected chi connectivity index (χ2v) is 7.46. The zero-order valence-electron chi connectivity index (χ0n) is 10.5. The Balaban J connectivity index is 2.24. The Kier molecular flexibility index (Phi) is 3.98. The average molecular weight is 316 g/mol. The van der Waals surface area contributed by atoms with Crippen LogP contribution >= 0.6 is 27.7 Å². The van der Waals surface area contributed by atoms with E-state index in [9.17, 15) is 0 Å². The Bertz CT molecular complexity index is 409. The van der Waals surface area contributed by atoms with Gasteiger partial charge in [-0.15, -0.1) is 0 Å². The normalized spacial score (nSPS) is 19.4. The van der Waals surface area contributed by atoms with Gasteiger partial charge in [0, 0.05) is 36.1 Å². The van der Waals surface area contributed by atoms with Gasteiger partial charge in [0.25, 0.3) is 0 Å². The van der Waals surface area contributed by atoms with Gasteiger partial charge in [0.1, 0.15) is 16.2 Å². The third kappa shape index (κ3) is 3.35. The molecule has 1 aromatic rings. The van der Waals surface area contributed by atoms with Gasteiger partial charge in [-0.25, -0.2) is 9.97 Å². The van der Waals surface area contributed by atoms with Crippen molar-refractivity contribution in [2.45, 2.75) is 31.9 Å². The Morgan fingerprint density at radius 1 is 1.47 bits per heavy atom. The van der Waals surface area contributed by atoms with Crippen LogP contribution in [0, 0.1) is 0 Å². The van der Waals surface area contributed by atoms with Crippen molar-refractivity contribution in [3.05, 3.63) is 16.5 Å². The minimum Gasteiger partial charge on any atom is -0.354 e. The lowest BCUT2D eigenvalue weighted by atomic mass is 10.2. The molecule has 0 aromatic carbocycles. The fourth-order valence-electron chi connectivity index (χ4n) is 1.98. The number of aryl methyl sites for hydroxylation is 1. The van der Waals surface area contributed by atoms with Gasteiger partial charge in [-0.1, -0.05) is 6.92 Å². The highest BCUT2D eigenvalue weighted by Crippen LogP contribution is 2.32. The van der Waals surface area contributed by atoms with Crippen LogP contribution in [0.3, 0.4) is 0 Å². The minimum absolute atomic E-state index is 0.308. The van der Waals surface area contributed by atoms with E-state index in [2.05, 4.69) is 51.6 Å². The summed E-state index contributed by atoms with van der Waals surface area (Å²) in [6, 6.07) is 2.02. The molecule has 0 atom stereocenters. The molecule has 0 bridgehead atoms. The lowest BCUT2D eigenvalue weighted by Crippen LogP contribution is -2.43. The van der Waals surface area contributed by atoms with Crippen LogP contribution in [0.4, 0.5) is 5.82 Å². The van der Waals surface area contributed by atoms with E-state index in [0.717, 1.165) is 41.5 Å². The highest BCUT2D eigenvalue weighted by Gasteiger charge is 2.28. The monoisotopic (exact) mass is 315 g/mol. The van der Waals surface area contributed by atoms with Crippen molar-refractivity contribution in [2.75, 3.05) is 23.7 Å². The van der Waals surface area contributed by atoms with Crippen molar-refractivity contribution in [3.63, 3.8) is 0 Å². The van der Waals surface area contributed by atoms with Gasteiger partial charge in [-0.05, 0) is 29.8 Å². The Morgan fingerprint density at radius 2 is 2.24 bits per heavy atom. The molecule has 3 nitrogen and oxygen atoms in total. The molecule has 0 unspecified atom stereocenters. The van der Waals surface area contributed by atoms with E-state index in [0.29, 0.717) is 4.75 Å². The standard InChI is InChI=1S/C12H18BrN3S/c1-4-10-14-9(13)7-11(15-10)16-5-6-17-12(2,3)8-16/h7H,4-6,8H2,1-3H3. The van der Waals surface area contributed by atoms with Gasteiger partial charge < -0.3 is 4.90 Å². The van der Waals surface area contributed by atoms with Crippen LogP contribution in [0.2, 0.25) is 0 Å². The Labute approximate surface area is 116 Å². The molecule has 94 valence electrons. The summed E-state index contributed by atoms with van der Waals surface area (Å²) in [6.45, 7) is 8.79. The SMILES string of the molecule is CCc1nc(Br)cc(N2CCSC(C)(C)C2)n1. The van der Waals surface area contributed by atoms with E-state index in [1.807, 2.05) is 17.8 Å². The first-order valence-corrected chi connectivity index (χ1v) is 7.70. The number of anilines is 1. The number of nitrogens with zero attached hydrogens (tertiary/aromatic N) is 3. The lowest BCUT2D eigenvalue weighted by molar-refractivity contribution is 0.639. The fourth-order valence-corrected chi connectivity index (χ4v) is 3.50. The minimum atomic E-state index is 0.308. The molecule has 0 N–H and O–H groups in total. The van der Waals surface area contributed by atoms with Gasteiger partial charge in [0.2, 0.25) is 0 Å². The van der Waals surface area contributed by atoms with E-state index < -0.39 is 0 Å². The van der Waals surface area contributed by atoms with Gasteiger partial charge in [-0.3, -0.25) is 0 Å². The second kappa shape index (κ2) is 5.14. The Hall–Kier alpha value is -0.290. The maximum absolute atomic E-state index is 4.62.